The fourth-order valence-electron chi connectivity index (χ4n) is 3.92. The quantitative estimate of drug-likeness (QED) is 0.252. The monoisotopic (exact) mass is 559 g/mol. The highest BCUT2D eigenvalue weighted by molar-refractivity contribution is 7.92. The lowest BCUT2D eigenvalue weighted by Gasteiger charge is -2.29. The van der Waals surface area contributed by atoms with Gasteiger partial charge in [-0.15, -0.1) is 0 Å². The summed E-state index contributed by atoms with van der Waals surface area (Å²) < 4.78 is 39.2. The molecule has 0 aliphatic carbocycles. The normalized spacial score (nSPS) is 12.0. The van der Waals surface area contributed by atoms with Crippen molar-refractivity contribution < 1.29 is 22.7 Å². The van der Waals surface area contributed by atoms with Crippen molar-refractivity contribution in [3.63, 3.8) is 0 Å². The summed E-state index contributed by atoms with van der Waals surface area (Å²) in [5.41, 5.74) is 7.39. The van der Waals surface area contributed by atoms with E-state index >= 15 is 0 Å². The molecule has 3 N–H and O–H groups in total. The van der Waals surface area contributed by atoms with Crippen molar-refractivity contribution in [2.24, 2.45) is 5.73 Å². The van der Waals surface area contributed by atoms with Crippen molar-refractivity contribution in [1.82, 2.24) is 19.8 Å². The minimum absolute atomic E-state index is 0.0855. The molecule has 2 heterocycles. The van der Waals surface area contributed by atoms with Crippen molar-refractivity contribution in [2.75, 3.05) is 49.9 Å². The minimum Gasteiger partial charge on any atom is -0.475 e. The number of methoxy groups -OCH3 is 1. The number of hydrazine groups is 1. The maximum atomic E-state index is 12.9. The number of anilines is 3. The van der Waals surface area contributed by atoms with Gasteiger partial charge in [0.1, 0.15) is 23.7 Å². The van der Waals surface area contributed by atoms with Crippen LogP contribution >= 0.6 is 0 Å². The van der Waals surface area contributed by atoms with Crippen molar-refractivity contribution in [3.8, 4) is 17.1 Å². The zero-order valence-electron chi connectivity index (χ0n) is 23.4. The largest absolute Gasteiger partial charge is 0.475 e. The molecule has 0 radical (unpaired) electrons. The molecule has 0 unspecified atom stereocenters. The van der Waals surface area contributed by atoms with Gasteiger partial charge in [0, 0.05) is 44.7 Å². The maximum Gasteiger partial charge on any atom is 0.254 e. The molecule has 39 heavy (non-hydrogen) atoms. The first-order valence-electron chi connectivity index (χ1n) is 12.4. The summed E-state index contributed by atoms with van der Waals surface area (Å²) in [7, 11) is 1.26. The first kappa shape index (κ1) is 29.9. The molecule has 1 amide bonds. The molecule has 0 atom stereocenters. The van der Waals surface area contributed by atoms with Crippen molar-refractivity contribution in [1.29, 1.82) is 0 Å². The molecule has 1 aromatic carbocycles. The number of pyridine rings is 1. The number of nitrogens with one attached hydrogen (secondary N) is 1. The average Bonchev–Trinajstić information content (AvgIpc) is 3.24. The van der Waals surface area contributed by atoms with E-state index in [1.807, 2.05) is 20.8 Å². The topological polar surface area (TPSA) is 145 Å². The Morgan fingerprint density at radius 1 is 1.15 bits per heavy atom. The van der Waals surface area contributed by atoms with E-state index in [0.29, 0.717) is 47.5 Å². The van der Waals surface area contributed by atoms with Crippen LogP contribution in [0.2, 0.25) is 0 Å². The second-order valence-electron chi connectivity index (χ2n) is 9.91. The van der Waals surface area contributed by atoms with E-state index in [-0.39, 0.29) is 11.3 Å². The third-order valence-corrected chi connectivity index (χ3v) is 7.43. The van der Waals surface area contributed by atoms with Gasteiger partial charge in [-0.25, -0.2) is 27.5 Å². The Hall–Kier alpha value is -3.68. The lowest BCUT2D eigenvalue weighted by Crippen LogP contribution is -2.42. The fourth-order valence-corrected chi connectivity index (χ4v) is 5.10. The summed E-state index contributed by atoms with van der Waals surface area (Å²) in [5.74, 6) is -0.00861. The second kappa shape index (κ2) is 12.0. The smallest absolute Gasteiger partial charge is 0.254 e. The highest BCUT2D eigenvalue weighted by Crippen LogP contribution is 2.36. The summed E-state index contributed by atoms with van der Waals surface area (Å²) in [4.78, 5) is 17.1. The van der Waals surface area contributed by atoms with Crippen LogP contribution in [-0.2, 0) is 20.3 Å². The van der Waals surface area contributed by atoms with E-state index in [9.17, 15) is 13.2 Å². The molecule has 2 aromatic heterocycles. The average molecular weight is 560 g/mol. The molecule has 0 aliphatic heterocycles. The molecule has 3 aromatic rings. The van der Waals surface area contributed by atoms with Crippen LogP contribution in [0.4, 0.5) is 17.2 Å². The molecule has 0 aliphatic rings. The SMILES string of the molecule is CCS(=O)(=O)N(c1cccc(-c2nn(C(C)(C)C)c(Nc3ccnc(OCCOC)c3)c2C(N)=O)c1)N(C)C. The van der Waals surface area contributed by atoms with Crippen molar-refractivity contribution in [3.05, 3.63) is 48.2 Å². The number of benzene rings is 1. The lowest BCUT2D eigenvalue weighted by molar-refractivity contribution is 0.100. The summed E-state index contributed by atoms with van der Waals surface area (Å²) in [5, 5.41) is 9.55. The molecule has 3 rings (SSSR count). The Balaban J connectivity index is 2.16. The van der Waals surface area contributed by atoms with Crippen molar-refractivity contribution in [2.45, 2.75) is 33.2 Å². The highest BCUT2D eigenvalue weighted by Gasteiger charge is 2.30. The Bertz CT molecular complexity index is 1410. The summed E-state index contributed by atoms with van der Waals surface area (Å²) >= 11 is 0. The van der Waals surface area contributed by atoms with E-state index in [1.165, 1.54) is 9.42 Å². The number of hydrogen-bond acceptors (Lipinski definition) is 9. The van der Waals surface area contributed by atoms with Crippen LogP contribution < -0.4 is 20.2 Å². The van der Waals surface area contributed by atoms with Gasteiger partial charge in [0.2, 0.25) is 15.9 Å². The fraction of sp³-hybridized carbons (Fsp3) is 0.423. The molecular formula is C26H37N7O5S. The van der Waals surface area contributed by atoms with E-state index in [4.69, 9.17) is 20.3 Å². The number of aromatic nitrogens is 3. The number of hydrogen-bond donors (Lipinski definition) is 2. The number of ether oxygens (including phenoxy) is 2. The van der Waals surface area contributed by atoms with Gasteiger partial charge in [0.25, 0.3) is 5.91 Å². The number of nitrogens with zero attached hydrogens (tertiary/aromatic N) is 5. The van der Waals surface area contributed by atoms with Gasteiger partial charge < -0.3 is 20.5 Å². The number of amides is 1. The van der Waals surface area contributed by atoms with Gasteiger partial charge in [0.05, 0.1) is 23.6 Å². The van der Waals surface area contributed by atoms with E-state index < -0.39 is 21.5 Å². The van der Waals surface area contributed by atoms with Gasteiger partial charge in [0.15, 0.2) is 0 Å². The van der Waals surface area contributed by atoms with Crippen LogP contribution in [0.25, 0.3) is 11.3 Å². The number of sulfonamides is 1. The van der Waals surface area contributed by atoms with E-state index in [0.717, 1.165) is 0 Å². The Kier molecular flexibility index (Phi) is 9.20. The number of carbonyl (C=O) groups is 1. The molecule has 0 saturated carbocycles. The number of primary amides is 1. The summed E-state index contributed by atoms with van der Waals surface area (Å²) in [6, 6.07) is 10.3. The first-order valence-corrected chi connectivity index (χ1v) is 14.0. The first-order chi connectivity index (χ1) is 18.3. The van der Waals surface area contributed by atoms with Crippen LogP contribution in [0.3, 0.4) is 0 Å². The predicted octanol–water partition coefficient (Wildman–Crippen LogP) is 3.20. The zero-order chi connectivity index (χ0) is 29.0. The molecule has 0 spiro atoms. The second-order valence-corrected chi connectivity index (χ2v) is 12.0. The standard InChI is InChI=1S/C26H37N7O5S/c1-8-39(35,36)33(31(5)6)20-11-9-10-18(16-20)23-22(24(27)34)25(32(30-23)26(2,3)4)29-19-12-13-28-21(17-19)38-15-14-37-7/h9-13,16-17H,8,14-15H2,1-7H3,(H2,27,34)(H,28,29). The Labute approximate surface area is 229 Å². The number of rotatable bonds is 12. The van der Waals surface area contributed by atoms with Crippen LogP contribution in [0.5, 0.6) is 5.88 Å². The van der Waals surface area contributed by atoms with Crippen LogP contribution in [0, 0.1) is 0 Å². The van der Waals surface area contributed by atoms with Gasteiger partial charge in [-0.05, 0) is 45.9 Å². The number of carbonyl (C=O) groups excluding carboxylic acids is 1. The van der Waals surface area contributed by atoms with Crippen LogP contribution in [0.15, 0.2) is 42.6 Å². The Morgan fingerprint density at radius 3 is 2.46 bits per heavy atom. The van der Waals surface area contributed by atoms with E-state index in [2.05, 4.69) is 10.3 Å². The number of nitrogens with two attached hydrogens (primary N) is 1. The molecule has 12 nitrogen and oxygen atoms in total. The van der Waals surface area contributed by atoms with Crippen LogP contribution in [-0.4, -0.2) is 74.3 Å². The van der Waals surface area contributed by atoms with Gasteiger partial charge >= 0.3 is 0 Å². The molecule has 13 heteroatoms. The maximum absolute atomic E-state index is 12.9. The zero-order valence-corrected chi connectivity index (χ0v) is 24.2. The Morgan fingerprint density at radius 2 is 1.87 bits per heavy atom. The third-order valence-electron chi connectivity index (χ3n) is 5.63. The van der Waals surface area contributed by atoms with Gasteiger partial charge in [-0.1, -0.05) is 12.1 Å². The van der Waals surface area contributed by atoms with E-state index in [1.54, 1.807) is 75.4 Å². The van der Waals surface area contributed by atoms with Crippen LogP contribution in [0.1, 0.15) is 38.1 Å². The predicted molar refractivity (Wildman–Crippen MR) is 152 cm³/mol. The molecular weight excluding hydrogens is 522 g/mol. The van der Waals surface area contributed by atoms with Gasteiger partial charge in [-0.3, -0.25) is 4.79 Å². The highest BCUT2D eigenvalue weighted by atomic mass is 32.2. The van der Waals surface area contributed by atoms with Crippen molar-refractivity contribution >= 4 is 33.1 Å². The molecule has 0 saturated heterocycles. The molecule has 0 bridgehead atoms. The summed E-state index contributed by atoms with van der Waals surface area (Å²) in [6.45, 7) is 8.17. The molecule has 212 valence electrons. The minimum atomic E-state index is -3.61. The third kappa shape index (κ3) is 6.85. The van der Waals surface area contributed by atoms with Gasteiger partial charge in [-0.2, -0.15) is 5.10 Å². The lowest BCUT2D eigenvalue weighted by atomic mass is 10.1. The molecule has 0 fully saturated rings. The summed E-state index contributed by atoms with van der Waals surface area (Å²) in [6.07, 6.45) is 1.58.